The maximum absolute atomic E-state index is 14.2. The van der Waals surface area contributed by atoms with E-state index in [1.807, 2.05) is 0 Å². The van der Waals surface area contributed by atoms with Gasteiger partial charge in [-0.05, 0) is 20.8 Å². The zero-order valence-electron chi connectivity index (χ0n) is 15.5. The summed E-state index contributed by atoms with van der Waals surface area (Å²) in [6.45, 7) is 6.83. The van der Waals surface area contributed by atoms with Gasteiger partial charge in [0.05, 0.1) is 5.56 Å². The second kappa shape index (κ2) is 7.96. The molecule has 0 aromatic heterocycles. The number of hydrogen-bond acceptors (Lipinski definition) is 3. The Kier molecular flexibility index (Phi) is 6.15. The van der Waals surface area contributed by atoms with E-state index in [1.165, 1.54) is 20.8 Å². The Morgan fingerprint density at radius 2 is 1.10 bits per heavy atom. The first-order valence-electron chi connectivity index (χ1n) is 7.98. The van der Waals surface area contributed by atoms with E-state index in [2.05, 4.69) is 16.1 Å². The largest absolute Gasteiger partial charge is 0.456 e. The standard InChI is InChI=1S/C19H12F8O3/c1-5-6-8(20)12(24)16(13(25)9(6)21)29-17-14(26)10(22)7(11(23)15(17)27)18(28)30-19(2,3)4/h5H,1H2,2-4H3. The first kappa shape index (κ1) is 23.2. The smallest absolute Gasteiger partial charge is 0.344 e. The molecule has 0 saturated heterocycles. The molecule has 0 fully saturated rings. The van der Waals surface area contributed by atoms with Crippen molar-refractivity contribution in [1.82, 2.24) is 0 Å². The predicted molar refractivity (Wildman–Crippen MR) is 87.9 cm³/mol. The number of benzene rings is 2. The van der Waals surface area contributed by atoms with Crippen LogP contribution in [0.25, 0.3) is 6.08 Å². The summed E-state index contributed by atoms with van der Waals surface area (Å²) in [7, 11) is 0. The summed E-state index contributed by atoms with van der Waals surface area (Å²) in [6, 6.07) is 0. The topological polar surface area (TPSA) is 35.5 Å². The fraction of sp³-hybridized carbons (Fsp3) is 0.211. The first-order valence-corrected chi connectivity index (χ1v) is 7.98. The van der Waals surface area contributed by atoms with Crippen LogP contribution < -0.4 is 4.74 Å². The summed E-state index contributed by atoms with van der Waals surface area (Å²) in [4.78, 5) is 11.8. The highest BCUT2D eigenvalue weighted by atomic mass is 19.2. The van der Waals surface area contributed by atoms with Crippen LogP contribution in [0.2, 0.25) is 0 Å². The summed E-state index contributed by atoms with van der Waals surface area (Å²) >= 11 is 0. The Morgan fingerprint density at radius 1 is 0.733 bits per heavy atom. The van der Waals surface area contributed by atoms with Gasteiger partial charge in [0.2, 0.25) is 34.8 Å². The van der Waals surface area contributed by atoms with Gasteiger partial charge >= 0.3 is 5.97 Å². The van der Waals surface area contributed by atoms with E-state index in [4.69, 9.17) is 0 Å². The minimum Gasteiger partial charge on any atom is -0.456 e. The van der Waals surface area contributed by atoms with Gasteiger partial charge in [0.25, 0.3) is 0 Å². The zero-order valence-corrected chi connectivity index (χ0v) is 15.5. The molecule has 0 bridgehead atoms. The lowest BCUT2D eigenvalue weighted by Gasteiger charge is -2.20. The molecule has 0 aliphatic heterocycles. The fourth-order valence-electron chi connectivity index (χ4n) is 2.21. The van der Waals surface area contributed by atoms with Crippen molar-refractivity contribution < 1.29 is 49.4 Å². The number of esters is 1. The van der Waals surface area contributed by atoms with Crippen LogP contribution in [0.3, 0.4) is 0 Å². The molecule has 0 saturated carbocycles. The monoisotopic (exact) mass is 440 g/mol. The average Bonchev–Trinajstić information content (AvgIpc) is 2.63. The van der Waals surface area contributed by atoms with E-state index in [0.29, 0.717) is 6.08 Å². The van der Waals surface area contributed by atoms with Crippen LogP contribution in [0, 0.1) is 46.5 Å². The Labute approximate surface area is 164 Å². The number of halogens is 8. The maximum atomic E-state index is 14.2. The molecule has 0 spiro atoms. The van der Waals surface area contributed by atoms with Gasteiger partial charge in [-0.15, -0.1) is 0 Å². The lowest BCUT2D eigenvalue weighted by Crippen LogP contribution is -2.26. The molecule has 30 heavy (non-hydrogen) atoms. The molecule has 11 heteroatoms. The van der Waals surface area contributed by atoms with E-state index in [9.17, 15) is 39.9 Å². The van der Waals surface area contributed by atoms with Crippen molar-refractivity contribution in [2.75, 3.05) is 0 Å². The molecule has 0 N–H and O–H groups in total. The average molecular weight is 440 g/mol. The lowest BCUT2D eigenvalue weighted by atomic mass is 10.1. The van der Waals surface area contributed by atoms with E-state index >= 15 is 0 Å². The van der Waals surface area contributed by atoms with E-state index in [0.717, 1.165) is 0 Å². The molecular weight excluding hydrogens is 428 g/mol. The second-order valence-corrected chi connectivity index (χ2v) is 6.77. The highest BCUT2D eigenvalue weighted by molar-refractivity contribution is 5.90. The van der Waals surface area contributed by atoms with Crippen molar-refractivity contribution in [2.24, 2.45) is 0 Å². The van der Waals surface area contributed by atoms with Crippen LogP contribution in [-0.2, 0) is 4.74 Å². The first-order chi connectivity index (χ1) is 13.7. The molecule has 2 rings (SSSR count). The fourth-order valence-corrected chi connectivity index (χ4v) is 2.21. The van der Waals surface area contributed by atoms with Crippen molar-refractivity contribution in [2.45, 2.75) is 26.4 Å². The minimum absolute atomic E-state index is 0.413. The van der Waals surface area contributed by atoms with Gasteiger partial charge in [-0.1, -0.05) is 12.7 Å². The van der Waals surface area contributed by atoms with E-state index < -0.39 is 80.7 Å². The van der Waals surface area contributed by atoms with Crippen LogP contribution in [0.4, 0.5) is 35.1 Å². The molecule has 0 heterocycles. The van der Waals surface area contributed by atoms with Crippen LogP contribution >= 0.6 is 0 Å². The highest BCUT2D eigenvalue weighted by Crippen LogP contribution is 2.38. The van der Waals surface area contributed by atoms with Crippen molar-refractivity contribution in [3.8, 4) is 11.5 Å². The maximum Gasteiger partial charge on any atom is 0.344 e. The van der Waals surface area contributed by atoms with Crippen LogP contribution in [-0.4, -0.2) is 11.6 Å². The Hall–Kier alpha value is -3.11. The van der Waals surface area contributed by atoms with Crippen molar-refractivity contribution >= 4 is 12.0 Å². The van der Waals surface area contributed by atoms with Gasteiger partial charge in [0, 0.05) is 0 Å². The molecule has 0 unspecified atom stereocenters. The van der Waals surface area contributed by atoms with Gasteiger partial charge in [-0.3, -0.25) is 0 Å². The Bertz CT molecular complexity index is 999. The molecular formula is C19H12F8O3. The predicted octanol–water partition coefficient (Wildman–Crippen LogP) is 6.19. The Morgan fingerprint density at radius 3 is 1.43 bits per heavy atom. The zero-order chi connectivity index (χ0) is 23.1. The normalized spacial score (nSPS) is 11.4. The summed E-state index contributed by atoms with van der Waals surface area (Å²) in [5.74, 6) is -23.9. The summed E-state index contributed by atoms with van der Waals surface area (Å²) in [6.07, 6.45) is 0.413. The second-order valence-electron chi connectivity index (χ2n) is 6.77. The van der Waals surface area contributed by atoms with Gasteiger partial charge in [-0.2, -0.15) is 17.6 Å². The van der Waals surface area contributed by atoms with Gasteiger partial charge in [0.1, 0.15) is 11.2 Å². The van der Waals surface area contributed by atoms with Crippen LogP contribution in [0.15, 0.2) is 6.58 Å². The highest BCUT2D eigenvalue weighted by Gasteiger charge is 2.35. The number of ether oxygens (including phenoxy) is 2. The molecule has 2 aromatic carbocycles. The molecule has 162 valence electrons. The minimum atomic E-state index is -2.40. The molecule has 0 aliphatic carbocycles. The lowest BCUT2D eigenvalue weighted by molar-refractivity contribution is 0.00568. The van der Waals surface area contributed by atoms with Crippen molar-refractivity contribution in [3.05, 3.63) is 64.2 Å². The van der Waals surface area contributed by atoms with Gasteiger partial charge in [-0.25, -0.2) is 22.4 Å². The molecule has 2 aromatic rings. The SMILES string of the molecule is C=Cc1c(F)c(F)c(Oc2c(F)c(F)c(C(=O)OC(C)(C)C)c(F)c2F)c(F)c1F. The molecule has 0 amide bonds. The van der Waals surface area contributed by atoms with E-state index in [1.54, 1.807) is 0 Å². The molecule has 0 aliphatic rings. The third kappa shape index (κ3) is 3.96. The van der Waals surface area contributed by atoms with Crippen LogP contribution in [0.1, 0.15) is 36.7 Å². The van der Waals surface area contributed by atoms with Crippen molar-refractivity contribution in [3.63, 3.8) is 0 Å². The summed E-state index contributed by atoms with van der Waals surface area (Å²) < 4.78 is 121. The third-order valence-corrected chi connectivity index (χ3v) is 3.49. The van der Waals surface area contributed by atoms with Gasteiger partial charge < -0.3 is 9.47 Å². The molecule has 0 radical (unpaired) electrons. The van der Waals surface area contributed by atoms with Gasteiger partial charge in [0.15, 0.2) is 23.3 Å². The summed E-state index contributed by atoms with van der Waals surface area (Å²) in [5.41, 5.74) is -4.34. The number of hydrogen-bond donors (Lipinski definition) is 0. The van der Waals surface area contributed by atoms with Crippen molar-refractivity contribution in [1.29, 1.82) is 0 Å². The Balaban J connectivity index is 2.67. The quantitative estimate of drug-likeness (QED) is 0.323. The number of carbonyl (C=O) groups excluding carboxylic acids is 1. The van der Waals surface area contributed by atoms with Crippen LogP contribution in [0.5, 0.6) is 11.5 Å². The third-order valence-electron chi connectivity index (χ3n) is 3.49. The summed E-state index contributed by atoms with van der Waals surface area (Å²) in [5, 5.41) is 0. The number of carbonyl (C=O) groups is 1. The van der Waals surface area contributed by atoms with E-state index in [-0.39, 0.29) is 0 Å². The molecule has 3 nitrogen and oxygen atoms in total. The number of rotatable bonds is 4. The molecule has 0 atom stereocenters.